The predicted molar refractivity (Wildman–Crippen MR) is 139 cm³/mol. The lowest BCUT2D eigenvalue weighted by atomic mass is 10.2. The smallest absolute Gasteiger partial charge is 0.264 e. The summed E-state index contributed by atoms with van der Waals surface area (Å²) in [6.07, 6.45) is 7.53. The number of allylic oxidation sites excluding steroid dienone is 1. The zero-order valence-corrected chi connectivity index (χ0v) is 20.3. The SMILES string of the molecule is CN=CC(=CN)Nc1nccc(Oc2cnc3nc(-c4cnc(NC(C)C)n(C)c4=O)ccc3c2)n1. The first-order valence-corrected chi connectivity index (χ1v) is 11.1. The molecule has 0 aliphatic carbocycles. The summed E-state index contributed by atoms with van der Waals surface area (Å²) in [6, 6.07) is 7.14. The molecular formula is C24H26N10O2. The maximum atomic E-state index is 12.9. The van der Waals surface area contributed by atoms with Gasteiger partial charge in [-0.1, -0.05) is 0 Å². The van der Waals surface area contributed by atoms with E-state index in [1.807, 2.05) is 19.9 Å². The Morgan fingerprint density at radius 1 is 1.17 bits per heavy atom. The molecule has 0 bridgehead atoms. The standard InChI is InChI=1S/C24H26N10O2/c1-14(2)30-24-29-13-18(22(35)34(24)4)19-6-5-15-9-17(12-28-21(15)32-19)36-20-7-8-27-23(33-20)31-16(10-25)11-26-3/h5-14H,25H2,1-4H3,(H,29,30)(H,27,31,33). The first kappa shape index (κ1) is 24.3. The third kappa shape index (κ3) is 5.43. The van der Waals surface area contributed by atoms with Crippen molar-refractivity contribution in [1.82, 2.24) is 29.5 Å². The van der Waals surface area contributed by atoms with Gasteiger partial charge in [-0.05, 0) is 32.0 Å². The number of hydrogen-bond donors (Lipinski definition) is 3. The molecule has 4 aromatic heterocycles. The Kier molecular flexibility index (Phi) is 7.14. The van der Waals surface area contributed by atoms with E-state index in [1.54, 1.807) is 44.7 Å². The summed E-state index contributed by atoms with van der Waals surface area (Å²) in [6.45, 7) is 3.96. The molecule has 0 aliphatic rings. The minimum absolute atomic E-state index is 0.148. The van der Waals surface area contributed by atoms with E-state index >= 15 is 0 Å². The van der Waals surface area contributed by atoms with Gasteiger partial charge in [-0.25, -0.2) is 19.9 Å². The van der Waals surface area contributed by atoms with E-state index in [9.17, 15) is 4.79 Å². The summed E-state index contributed by atoms with van der Waals surface area (Å²) in [5, 5.41) is 6.83. The third-order valence-electron chi connectivity index (χ3n) is 4.94. The summed E-state index contributed by atoms with van der Waals surface area (Å²) in [4.78, 5) is 38.6. The van der Waals surface area contributed by atoms with Crippen molar-refractivity contribution in [1.29, 1.82) is 0 Å². The van der Waals surface area contributed by atoms with Crippen LogP contribution in [0.4, 0.5) is 11.9 Å². The monoisotopic (exact) mass is 486 g/mol. The summed E-state index contributed by atoms with van der Waals surface area (Å²) >= 11 is 0. The van der Waals surface area contributed by atoms with Crippen LogP contribution in [0.15, 0.2) is 64.5 Å². The van der Waals surface area contributed by atoms with Crippen molar-refractivity contribution in [3.8, 4) is 22.9 Å². The molecule has 4 rings (SSSR count). The Morgan fingerprint density at radius 3 is 2.75 bits per heavy atom. The number of fused-ring (bicyclic) bond motifs is 1. The molecule has 0 amide bonds. The number of pyridine rings is 2. The normalized spacial score (nSPS) is 11.9. The summed E-state index contributed by atoms with van der Waals surface area (Å²) in [5.41, 5.74) is 7.24. The summed E-state index contributed by atoms with van der Waals surface area (Å²) in [5.74, 6) is 1.58. The molecule has 0 saturated heterocycles. The van der Waals surface area contributed by atoms with Gasteiger partial charge in [0, 0.05) is 56.4 Å². The van der Waals surface area contributed by atoms with E-state index in [1.165, 1.54) is 23.2 Å². The van der Waals surface area contributed by atoms with Gasteiger partial charge >= 0.3 is 0 Å². The molecule has 12 nitrogen and oxygen atoms in total. The minimum Gasteiger partial charge on any atom is -0.437 e. The fourth-order valence-corrected chi connectivity index (χ4v) is 3.27. The topological polar surface area (TPSA) is 158 Å². The molecule has 0 radical (unpaired) electrons. The van der Waals surface area contributed by atoms with E-state index in [4.69, 9.17) is 10.5 Å². The van der Waals surface area contributed by atoms with Crippen molar-refractivity contribution >= 4 is 29.1 Å². The summed E-state index contributed by atoms with van der Waals surface area (Å²) in [7, 11) is 3.30. The molecule has 0 fully saturated rings. The van der Waals surface area contributed by atoms with Crippen LogP contribution in [0.1, 0.15) is 13.8 Å². The van der Waals surface area contributed by atoms with E-state index in [2.05, 4.69) is 40.5 Å². The van der Waals surface area contributed by atoms with Crippen LogP contribution in [0.3, 0.4) is 0 Å². The number of rotatable bonds is 8. The molecular weight excluding hydrogens is 460 g/mol. The number of nitrogens with two attached hydrogens (primary N) is 1. The fourth-order valence-electron chi connectivity index (χ4n) is 3.27. The predicted octanol–water partition coefficient (Wildman–Crippen LogP) is 2.71. The van der Waals surface area contributed by atoms with Gasteiger partial charge in [0.15, 0.2) is 5.65 Å². The van der Waals surface area contributed by atoms with Crippen molar-refractivity contribution < 1.29 is 4.74 Å². The van der Waals surface area contributed by atoms with E-state index in [0.717, 1.165) is 5.39 Å². The number of nitrogens with zero attached hydrogens (tertiary/aromatic N) is 7. The maximum Gasteiger partial charge on any atom is 0.264 e. The second kappa shape index (κ2) is 10.6. The van der Waals surface area contributed by atoms with Gasteiger partial charge in [-0.3, -0.25) is 14.4 Å². The molecule has 12 heteroatoms. The number of aromatic nitrogens is 6. The molecule has 0 saturated carbocycles. The lowest BCUT2D eigenvalue weighted by Crippen LogP contribution is -2.25. The Bertz CT molecular complexity index is 1510. The van der Waals surface area contributed by atoms with E-state index in [-0.39, 0.29) is 11.6 Å². The molecule has 184 valence electrons. The molecule has 0 aromatic carbocycles. The van der Waals surface area contributed by atoms with Crippen LogP contribution >= 0.6 is 0 Å². The van der Waals surface area contributed by atoms with Crippen molar-refractivity contribution in [3.05, 3.63) is 65.1 Å². The second-order valence-corrected chi connectivity index (χ2v) is 8.03. The van der Waals surface area contributed by atoms with Gasteiger partial charge in [0.25, 0.3) is 5.56 Å². The lowest BCUT2D eigenvalue weighted by molar-refractivity contribution is 0.461. The molecule has 4 N–H and O–H groups in total. The van der Waals surface area contributed by atoms with Crippen LogP contribution in [0.5, 0.6) is 11.6 Å². The van der Waals surface area contributed by atoms with E-state index < -0.39 is 0 Å². The van der Waals surface area contributed by atoms with Gasteiger partial charge < -0.3 is 21.1 Å². The van der Waals surface area contributed by atoms with Crippen molar-refractivity contribution in [2.45, 2.75) is 19.9 Å². The van der Waals surface area contributed by atoms with Crippen molar-refractivity contribution in [3.63, 3.8) is 0 Å². The number of anilines is 2. The average molecular weight is 487 g/mol. The maximum absolute atomic E-state index is 12.9. The van der Waals surface area contributed by atoms with Gasteiger partial charge in [0.1, 0.15) is 5.75 Å². The third-order valence-corrected chi connectivity index (χ3v) is 4.94. The van der Waals surface area contributed by atoms with Gasteiger partial charge in [-0.2, -0.15) is 4.98 Å². The highest BCUT2D eigenvalue weighted by Gasteiger charge is 2.13. The molecule has 4 aromatic rings. The zero-order valence-electron chi connectivity index (χ0n) is 20.3. The largest absolute Gasteiger partial charge is 0.437 e. The Labute approximate surface area is 207 Å². The average Bonchev–Trinajstić information content (AvgIpc) is 2.86. The van der Waals surface area contributed by atoms with Crippen LogP contribution in [0.25, 0.3) is 22.3 Å². The van der Waals surface area contributed by atoms with Crippen molar-refractivity contribution in [2.24, 2.45) is 17.8 Å². The highest BCUT2D eigenvalue weighted by molar-refractivity contribution is 5.82. The first-order valence-electron chi connectivity index (χ1n) is 11.1. The van der Waals surface area contributed by atoms with Crippen LogP contribution in [-0.2, 0) is 7.05 Å². The van der Waals surface area contributed by atoms with E-state index in [0.29, 0.717) is 46.1 Å². The minimum atomic E-state index is -0.203. The molecule has 0 spiro atoms. The van der Waals surface area contributed by atoms with Crippen LogP contribution in [-0.4, -0.2) is 48.8 Å². The van der Waals surface area contributed by atoms with Crippen LogP contribution in [0, 0.1) is 0 Å². The lowest BCUT2D eigenvalue weighted by Gasteiger charge is -2.13. The fraction of sp³-hybridized carbons (Fsp3) is 0.208. The second-order valence-electron chi connectivity index (χ2n) is 8.03. The van der Waals surface area contributed by atoms with Gasteiger partial charge in [-0.15, -0.1) is 0 Å². The molecule has 0 atom stereocenters. The molecule has 0 aliphatic heterocycles. The number of ether oxygens (including phenoxy) is 1. The summed E-state index contributed by atoms with van der Waals surface area (Å²) < 4.78 is 7.33. The Morgan fingerprint density at radius 2 is 2.00 bits per heavy atom. The Balaban J connectivity index is 1.57. The quantitative estimate of drug-likeness (QED) is 0.316. The Hall–Kier alpha value is -4.87. The molecule has 4 heterocycles. The number of nitrogens with one attached hydrogen (secondary N) is 2. The van der Waals surface area contributed by atoms with Gasteiger partial charge in [0.05, 0.1) is 23.2 Å². The van der Waals surface area contributed by atoms with Gasteiger partial charge in [0.2, 0.25) is 17.8 Å². The van der Waals surface area contributed by atoms with Crippen LogP contribution in [0.2, 0.25) is 0 Å². The highest BCUT2D eigenvalue weighted by Crippen LogP contribution is 2.24. The molecule has 36 heavy (non-hydrogen) atoms. The number of hydrogen-bond acceptors (Lipinski definition) is 11. The zero-order chi connectivity index (χ0) is 25.7. The molecule has 0 unspecified atom stereocenters. The highest BCUT2D eigenvalue weighted by atomic mass is 16.5. The van der Waals surface area contributed by atoms with Crippen LogP contribution < -0.4 is 26.7 Å². The number of aliphatic imine (C=N–C) groups is 1. The first-order chi connectivity index (χ1) is 17.4. The van der Waals surface area contributed by atoms with Crippen molar-refractivity contribution in [2.75, 3.05) is 17.7 Å².